The van der Waals surface area contributed by atoms with Crippen molar-refractivity contribution in [3.05, 3.63) is 46.8 Å². The lowest BCUT2D eigenvalue weighted by molar-refractivity contribution is 0.811. The summed E-state index contributed by atoms with van der Waals surface area (Å²) in [5.74, 6) is 0. The van der Waals surface area contributed by atoms with Gasteiger partial charge in [0.2, 0.25) is 0 Å². The van der Waals surface area contributed by atoms with Crippen molar-refractivity contribution < 1.29 is 0 Å². The van der Waals surface area contributed by atoms with Gasteiger partial charge in [-0.3, -0.25) is 0 Å². The topological polar surface area (TPSA) is 43.8 Å². The number of benzene rings is 1. The van der Waals surface area contributed by atoms with Crippen molar-refractivity contribution in [2.75, 3.05) is 0 Å². The Morgan fingerprint density at radius 2 is 1.69 bits per heavy atom. The molecule has 0 fully saturated rings. The third-order valence-electron chi connectivity index (χ3n) is 2.60. The molecule has 3 nitrogen and oxygen atoms in total. The number of aromatic nitrogens is 2. The number of hydrogen-bond acceptors (Lipinski definition) is 2. The molecule has 0 atom stereocenters. The molecule has 0 saturated heterocycles. The van der Waals surface area contributed by atoms with Crippen LogP contribution in [0.1, 0.15) is 22.5 Å². The van der Waals surface area contributed by atoms with Gasteiger partial charge in [-0.25, -0.2) is 4.68 Å². The third kappa shape index (κ3) is 1.99. The molecule has 0 amide bonds. The number of aryl methyl sites for hydroxylation is 3. The van der Waals surface area contributed by atoms with E-state index < -0.39 is 0 Å². The molecule has 0 saturated carbocycles. The highest BCUT2D eigenvalue weighted by Crippen LogP contribution is 2.15. The van der Waals surface area contributed by atoms with Crippen LogP contribution in [0.15, 0.2) is 24.3 Å². The Balaban J connectivity index is 2.53. The van der Waals surface area contributed by atoms with Gasteiger partial charge in [0.05, 0.1) is 11.4 Å². The molecule has 1 aromatic carbocycles. The molecule has 0 bridgehead atoms. The minimum absolute atomic E-state index is 0.485. The Labute approximate surface area is 95.9 Å². The quantitative estimate of drug-likeness (QED) is 0.835. The molecule has 0 aliphatic carbocycles. The Bertz CT molecular complexity index is 492. The Morgan fingerprint density at radius 3 is 2.19 bits per heavy atom. The Kier molecular flexibility index (Phi) is 2.79. The second-order valence-electron chi connectivity index (χ2n) is 4.24. The molecular formula is C13H17N3. The highest BCUT2D eigenvalue weighted by Gasteiger charge is 2.05. The van der Waals surface area contributed by atoms with Crippen molar-refractivity contribution in [1.29, 1.82) is 0 Å². The maximum atomic E-state index is 5.59. The van der Waals surface area contributed by atoms with Crippen molar-refractivity contribution in [3.63, 3.8) is 0 Å². The van der Waals surface area contributed by atoms with E-state index in [1.165, 1.54) is 11.1 Å². The third-order valence-corrected chi connectivity index (χ3v) is 2.60. The minimum atomic E-state index is 0.485. The first-order valence-electron chi connectivity index (χ1n) is 5.44. The van der Waals surface area contributed by atoms with E-state index in [2.05, 4.69) is 37.1 Å². The fourth-order valence-electron chi connectivity index (χ4n) is 1.97. The summed E-state index contributed by atoms with van der Waals surface area (Å²) in [5, 5.41) is 4.47. The van der Waals surface area contributed by atoms with Crippen LogP contribution in [0.25, 0.3) is 5.69 Å². The molecule has 0 aliphatic heterocycles. The normalized spacial score (nSPS) is 10.8. The lowest BCUT2D eigenvalue weighted by atomic mass is 10.1. The van der Waals surface area contributed by atoms with Gasteiger partial charge in [0.25, 0.3) is 0 Å². The number of hydrogen-bond donors (Lipinski definition) is 1. The van der Waals surface area contributed by atoms with Gasteiger partial charge in [-0.05, 0) is 50.1 Å². The lowest BCUT2D eigenvalue weighted by Crippen LogP contribution is -2.02. The fraction of sp³-hybridized carbons (Fsp3) is 0.308. The van der Waals surface area contributed by atoms with E-state index in [1.54, 1.807) is 0 Å². The van der Waals surface area contributed by atoms with E-state index in [4.69, 9.17) is 5.73 Å². The van der Waals surface area contributed by atoms with Crippen LogP contribution < -0.4 is 5.73 Å². The van der Waals surface area contributed by atoms with Crippen LogP contribution in [0.2, 0.25) is 0 Å². The second kappa shape index (κ2) is 4.10. The smallest absolute Gasteiger partial charge is 0.0767 e. The molecule has 0 spiro atoms. The second-order valence-corrected chi connectivity index (χ2v) is 4.24. The first-order chi connectivity index (χ1) is 7.60. The number of nitrogens with two attached hydrogens (primary N) is 1. The Morgan fingerprint density at radius 1 is 1.06 bits per heavy atom. The van der Waals surface area contributed by atoms with Gasteiger partial charge in [0.15, 0.2) is 0 Å². The van der Waals surface area contributed by atoms with Gasteiger partial charge in [-0.15, -0.1) is 0 Å². The van der Waals surface area contributed by atoms with Gasteiger partial charge in [-0.2, -0.15) is 5.10 Å². The first-order valence-corrected chi connectivity index (χ1v) is 5.44. The van der Waals surface area contributed by atoms with Crippen molar-refractivity contribution in [2.24, 2.45) is 5.73 Å². The van der Waals surface area contributed by atoms with Gasteiger partial charge in [0.1, 0.15) is 0 Å². The maximum Gasteiger partial charge on any atom is 0.0767 e. The first kappa shape index (κ1) is 10.9. The highest BCUT2D eigenvalue weighted by molar-refractivity contribution is 5.40. The Hall–Kier alpha value is -1.61. The molecule has 84 valence electrons. The largest absolute Gasteiger partial charge is 0.325 e. The molecule has 16 heavy (non-hydrogen) atoms. The zero-order chi connectivity index (χ0) is 11.7. The molecule has 1 aromatic heterocycles. The highest BCUT2D eigenvalue weighted by atomic mass is 15.3. The van der Waals surface area contributed by atoms with Crippen LogP contribution in [0.3, 0.4) is 0 Å². The number of rotatable bonds is 2. The van der Waals surface area contributed by atoms with E-state index in [9.17, 15) is 0 Å². The van der Waals surface area contributed by atoms with Crippen molar-refractivity contribution in [1.82, 2.24) is 9.78 Å². The van der Waals surface area contributed by atoms with Crippen LogP contribution in [-0.2, 0) is 6.54 Å². The van der Waals surface area contributed by atoms with Gasteiger partial charge >= 0.3 is 0 Å². The average molecular weight is 215 g/mol. The maximum absolute atomic E-state index is 5.59. The molecule has 2 rings (SSSR count). The average Bonchev–Trinajstić information content (AvgIpc) is 2.58. The van der Waals surface area contributed by atoms with E-state index in [-0.39, 0.29) is 0 Å². The summed E-state index contributed by atoms with van der Waals surface area (Å²) >= 11 is 0. The molecule has 0 radical (unpaired) electrons. The molecular weight excluding hydrogens is 198 g/mol. The standard InChI is InChI=1S/C13H17N3/c1-9-4-10(2)6-13(5-9)16-11(3)7-12(8-14)15-16/h4-7H,8,14H2,1-3H3. The van der Waals surface area contributed by atoms with Crippen LogP contribution >= 0.6 is 0 Å². The van der Waals surface area contributed by atoms with E-state index in [0.29, 0.717) is 6.54 Å². The van der Waals surface area contributed by atoms with E-state index >= 15 is 0 Å². The van der Waals surface area contributed by atoms with Gasteiger partial charge < -0.3 is 5.73 Å². The summed E-state index contributed by atoms with van der Waals surface area (Å²) in [6.45, 7) is 6.72. The summed E-state index contributed by atoms with van der Waals surface area (Å²) in [6.07, 6.45) is 0. The summed E-state index contributed by atoms with van der Waals surface area (Å²) in [6, 6.07) is 8.45. The molecule has 2 aromatic rings. The monoisotopic (exact) mass is 215 g/mol. The molecule has 2 N–H and O–H groups in total. The summed E-state index contributed by atoms with van der Waals surface area (Å²) < 4.78 is 1.95. The SMILES string of the molecule is Cc1cc(C)cc(-n2nc(CN)cc2C)c1. The zero-order valence-electron chi connectivity index (χ0n) is 9.99. The van der Waals surface area contributed by atoms with Gasteiger partial charge in [-0.1, -0.05) is 6.07 Å². The fourth-order valence-corrected chi connectivity index (χ4v) is 1.97. The lowest BCUT2D eigenvalue weighted by Gasteiger charge is -2.07. The summed E-state index contributed by atoms with van der Waals surface area (Å²) in [7, 11) is 0. The van der Waals surface area contributed by atoms with Crippen LogP contribution in [-0.4, -0.2) is 9.78 Å². The minimum Gasteiger partial charge on any atom is -0.325 e. The van der Waals surface area contributed by atoms with Crippen molar-refractivity contribution in [2.45, 2.75) is 27.3 Å². The van der Waals surface area contributed by atoms with Crippen molar-refractivity contribution >= 4 is 0 Å². The van der Waals surface area contributed by atoms with Crippen molar-refractivity contribution in [3.8, 4) is 5.69 Å². The molecule has 1 heterocycles. The number of nitrogens with zero attached hydrogens (tertiary/aromatic N) is 2. The summed E-state index contributed by atoms with van der Waals surface area (Å²) in [4.78, 5) is 0. The predicted molar refractivity (Wildman–Crippen MR) is 65.7 cm³/mol. The van der Waals surface area contributed by atoms with Crippen LogP contribution in [0.4, 0.5) is 0 Å². The van der Waals surface area contributed by atoms with Crippen LogP contribution in [0.5, 0.6) is 0 Å². The molecule has 3 heteroatoms. The zero-order valence-corrected chi connectivity index (χ0v) is 9.99. The van der Waals surface area contributed by atoms with Gasteiger partial charge in [0, 0.05) is 12.2 Å². The van der Waals surface area contributed by atoms with Crippen LogP contribution in [0, 0.1) is 20.8 Å². The van der Waals surface area contributed by atoms with E-state index in [1.807, 2.05) is 17.7 Å². The molecule has 0 aliphatic rings. The predicted octanol–water partition coefficient (Wildman–Crippen LogP) is 2.26. The van der Waals surface area contributed by atoms with E-state index in [0.717, 1.165) is 17.1 Å². The summed E-state index contributed by atoms with van der Waals surface area (Å²) in [5.41, 5.74) is 11.2. The molecule has 0 unspecified atom stereocenters.